The summed E-state index contributed by atoms with van der Waals surface area (Å²) in [7, 11) is 0. The minimum Gasteiger partial charge on any atom is -0.507 e. The molecule has 1 aliphatic carbocycles. The lowest BCUT2D eigenvalue weighted by molar-refractivity contribution is 0.309. The number of benzene rings is 2. The molecule has 1 N–H and O–H groups in total. The van der Waals surface area contributed by atoms with Gasteiger partial charge in [-0.3, -0.25) is 0 Å². The highest BCUT2D eigenvalue weighted by molar-refractivity contribution is 5.41. The molecule has 1 fully saturated rings. The van der Waals surface area contributed by atoms with Crippen LogP contribution in [0.25, 0.3) is 0 Å². The maximum Gasteiger partial charge on any atom is 0.343 e. The molecule has 1 aromatic heterocycles. The smallest absolute Gasteiger partial charge is 0.343 e. The lowest BCUT2D eigenvalue weighted by Crippen LogP contribution is -2.23. The van der Waals surface area contributed by atoms with Crippen LogP contribution in [0, 0.1) is 5.92 Å². The average molecular weight is 431 g/mol. The minimum absolute atomic E-state index is 0.0915. The van der Waals surface area contributed by atoms with E-state index in [1.807, 2.05) is 36.4 Å². The van der Waals surface area contributed by atoms with Crippen LogP contribution >= 0.6 is 0 Å². The molecule has 32 heavy (non-hydrogen) atoms. The molecule has 2 unspecified atom stereocenters. The van der Waals surface area contributed by atoms with Gasteiger partial charge in [-0.2, -0.15) is 0 Å². The molecule has 1 aliphatic rings. The predicted molar refractivity (Wildman–Crippen MR) is 129 cm³/mol. The summed E-state index contributed by atoms with van der Waals surface area (Å²) >= 11 is 0. The van der Waals surface area contributed by atoms with E-state index in [-0.39, 0.29) is 23.2 Å². The van der Waals surface area contributed by atoms with Crippen molar-refractivity contribution in [1.29, 1.82) is 0 Å². The van der Waals surface area contributed by atoms with Crippen LogP contribution in [0.3, 0.4) is 0 Å². The van der Waals surface area contributed by atoms with Crippen LogP contribution in [0.2, 0.25) is 0 Å². The van der Waals surface area contributed by atoms with Gasteiger partial charge in [-0.15, -0.1) is 0 Å². The monoisotopic (exact) mass is 430 g/mol. The zero-order valence-electron chi connectivity index (χ0n) is 19.0. The van der Waals surface area contributed by atoms with Crippen molar-refractivity contribution >= 4 is 0 Å². The Morgan fingerprint density at radius 3 is 2.25 bits per heavy atom. The van der Waals surface area contributed by atoms with Crippen molar-refractivity contribution in [1.82, 2.24) is 0 Å². The first-order valence-electron chi connectivity index (χ1n) is 12.1. The normalized spacial score (nSPS) is 16.5. The quantitative estimate of drug-likeness (QED) is 0.412. The van der Waals surface area contributed by atoms with E-state index in [1.54, 1.807) is 6.07 Å². The first kappa shape index (κ1) is 22.4. The second-order valence-electron chi connectivity index (χ2n) is 9.15. The second kappa shape index (κ2) is 10.7. The number of hydrogen-bond acceptors (Lipinski definition) is 3. The van der Waals surface area contributed by atoms with Crippen molar-refractivity contribution in [2.75, 3.05) is 0 Å². The van der Waals surface area contributed by atoms with E-state index < -0.39 is 0 Å². The van der Waals surface area contributed by atoms with Crippen molar-refractivity contribution in [2.45, 2.75) is 70.1 Å². The van der Waals surface area contributed by atoms with Crippen molar-refractivity contribution in [2.24, 2.45) is 5.92 Å². The molecule has 2 aromatic carbocycles. The summed E-state index contributed by atoms with van der Waals surface area (Å²) in [4.78, 5) is 13.3. The first-order chi connectivity index (χ1) is 15.7. The Kier molecular flexibility index (Phi) is 7.47. The molecule has 0 radical (unpaired) electrons. The van der Waals surface area contributed by atoms with Gasteiger partial charge in [-0.05, 0) is 49.1 Å². The molecular formula is C29H34O3. The third-order valence-electron chi connectivity index (χ3n) is 7.10. The van der Waals surface area contributed by atoms with Crippen LogP contribution in [0.5, 0.6) is 5.75 Å². The van der Waals surface area contributed by atoms with Gasteiger partial charge < -0.3 is 9.52 Å². The Hall–Kier alpha value is -2.81. The maximum atomic E-state index is 13.3. The zero-order valence-corrected chi connectivity index (χ0v) is 19.0. The SMILES string of the molecule is CCC(CCc1ccccc1)c1cc(O)c(C(c2ccccc2)C2CCCCC2)c(=O)o1. The van der Waals surface area contributed by atoms with Crippen molar-refractivity contribution < 1.29 is 9.52 Å². The number of hydrogen-bond donors (Lipinski definition) is 1. The highest BCUT2D eigenvalue weighted by atomic mass is 16.4. The van der Waals surface area contributed by atoms with Gasteiger partial charge in [-0.1, -0.05) is 86.8 Å². The number of rotatable bonds is 8. The largest absolute Gasteiger partial charge is 0.507 e. The van der Waals surface area contributed by atoms with Gasteiger partial charge in [0, 0.05) is 17.9 Å². The molecule has 168 valence electrons. The third-order valence-corrected chi connectivity index (χ3v) is 7.10. The summed E-state index contributed by atoms with van der Waals surface area (Å²) in [5.41, 5.74) is 2.42. The van der Waals surface area contributed by atoms with Crippen LogP contribution in [0.1, 0.15) is 86.2 Å². The fraction of sp³-hybridized carbons (Fsp3) is 0.414. The van der Waals surface area contributed by atoms with Gasteiger partial charge in [0.15, 0.2) is 0 Å². The molecule has 0 amide bonds. The molecule has 0 saturated heterocycles. The molecule has 0 bridgehead atoms. The summed E-state index contributed by atoms with van der Waals surface area (Å²) in [6.07, 6.45) is 8.42. The van der Waals surface area contributed by atoms with E-state index >= 15 is 0 Å². The Morgan fingerprint density at radius 2 is 1.62 bits per heavy atom. The lowest BCUT2D eigenvalue weighted by Gasteiger charge is -2.31. The van der Waals surface area contributed by atoms with E-state index in [1.165, 1.54) is 24.8 Å². The van der Waals surface area contributed by atoms with Gasteiger partial charge >= 0.3 is 5.63 Å². The van der Waals surface area contributed by atoms with Crippen molar-refractivity contribution in [3.05, 3.63) is 99.6 Å². The van der Waals surface area contributed by atoms with E-state index in [2.05, 4.69) is 31.2 Å². The topological polar surface area (TPSA) is 50.4 Å². The maximum absolute atomic E-state index is 13.3. The van der Waals surface area contributed by atoms with Crippen molar-refractivity contribution in [3.63, 3.8) is 0 Å². The van der Waals surface area contributed by atoms with Crippen LogP contribution in [-0.4, -0.2) is 5.11 Å². The average Bonchev–Trinajstić information content (AvgIpc) is 2.83. The van der Waals surface area contributed by atoms with Crippen LogP contribution in [0.4, 0.5) is 0 Å². The van der Waals surface area contributed by atoms with Crippen LogP contribution in [-0.2, 0) is 6.42 Å². The van der Waals surface area contributed by atoms with Gasteiger partial charge in [0.05, 0.1) is 5.56 Å². The summed E-state index contributed by atoms with van der Waals surface area (Å²) in [6, 6.07) is 22.2. The Balaban J connectivity index is 1.64. The molecule has 0 spiro atoms. The molecule has 1 saturated carbocycles. The summed E-state index contributed by atoms with van der Waals surface area (Å²) in [5.74, 6) is 1.03. The Morgan fingerprint density at radius 1 is 0.969 bits per heavy atom. The second-order valence-corrected chi connectivity index (χ2v) is 9.15. The van der Waals surface area contributed by atoms with E-state index in [4.69, 9.17) is 4.42 Å². The van der Waals surface area contributed by atoms with Gasteiger partial charge in [-0.25, -0.2) is 4.79 Å². The van der Waals surface area contributed by atoms with Crippen molar-refractivity contribution in [3.8, 4) is 5.75 Å². The van der Waals surface area contributed by atoms with Crippen LogP contribution < -0.4 is 5.63 Å². The summed E-state index contributed by atoms with van der Waals surface area (Å²) in [6.45, 7) is 2.11. The molecule has 3 aromatic rings. The Labute approximate surface area is 191 Å². The van der Waals surface area contributed by atoms with E-state index in [9.17, 15) is 9.90 Å². The zero-order chi connectivity index (χ0) is 22.3. The molecular weight excluding hydrogens is 396 g/mol. The van der Waals surface area contributed by atoms with E-state index in [0.717, 1.165) is 37.7 Å². The van der Waals surface area contributed by atoms with E-state index in [0.29, 0.717) is 17.2 Å². The first-order valence-corrected chi connectivity index (χ1v) is 12.1. The standard InChI is InChI=1S/C29H34O3/c1-2-22(19-18-21-12-6-3-7-13-21)26-20-25(30)28(29(31)32-26)27(23-14-8-4-9-15-23)24-16-10-5-11-17-24/h3-4,6-9,12-15,20,22,24,27,30H,2,5,10-11,16-19H2,1H3. The van der Waals surface area contributed by atoms with Crippen LogP contribution in [0.15, 0.2) is 75.9 Å². The lowest BCUT2D eigenvalue weighted by atomic mass is 9.73. The molecule has 3 heteroatoms. The molecule has 1 heterocycles. The fourth-order valence-corrected chi connectivity index (χ4v) is 5.33. The number of aryl methyl sites for hydroxylation is 1. The molecule has 0 aliphatic heterocycles. The molecule has 2 atom stereocenters. The van der Waals surface area contributed by atoms with Gasteiger partial charge in [0.1, 0.15) is 11.5 Å². The summed E-state index contributed by atoms with van der Waals surface area (Å²) in [5, 5.41) is 11.1. The molecule has 3 nitrogen and oxygen atoms in total. The van der Waals surface area contributed by atoms with Gasteiger partial charge in [0.2, 0.25) is 0 Å². The Bertz CT molecular complexity index is 1030. The highest BCUT2D eigenvalue weighted by Crippen LogP contribution is 2.42. The van der Waals surface area contributed by atoms with Gasteiger partial charge in [0.25, 0.3) is 0 Å². The minimum atomic E-state index is -0.377. The molecule has 4 rings (SSSR count). The predicted octanol–water partition coefficient (Wildman–Crippen LogP) is 7.18. The third kappa shape index (κ3) is 5.15. The fourth-order valence-electron chi connectivity index (χ4n) is 5.33. The highest BCUT2D eigenvalue weighted by Gasteiger charge is 2.32. The summed E-state index contributed by atoms with van der Waals surface area (Å²) < 4.78 is 5.91. The number of aromatic hydroxyl groups is 1.